The fraction of sp³-hybridized carbons (Fsp3) is 0.579. The molecule has 1 heterocycles. The quantitative estimate of drug-likeness (QED) is 0.929. The van der Waals surface area contributed by atoms with Gasteiger partial charge in [-0.25, -0.2) is 0 Å². The fourth-order valence-corrected chi connectivity index (χ4v) is 3.84. The van der Waals surface area contributed by atoms with Gasteiger partial charge >= 0.3 is 0 Å². The monoisotopic (exact) mass is 314 g/mol. The van der Waals surface area contributed by atoms with Gasteiger partial charge in [0.05, 0.1) is 6.04 Å². The molecule has 2 aliphatic rings. The van der Waals surface area contributed by atoms with E-state index in [1.165, 1.54) is 11.1 Å². The molecule has 1 aromatic carbocycles. The summed E-state index contributed by atoms with van der Waals surface area (Å²) in [6.45, 7) is 2.73. The predicted molar refractivity (Wildman–Crippen MR) is 89.9 cm³/mol. The first-order chi connectivity index (χ1) is 11.2. The number of nitrogens with one attached hydrogen (secondary N) is 1. The summed E-state index contributed by atoms with van der Waals surface area (Å²) in [7, 11) is 0. The Morgan fingerprint density at radius 1 is 1.22 bits per heavy atom. The largest absolute Gasteiger partial charge is 0.347 e. The van der Waals surface area contributed by atoms with E-state index in [4.69, 9.17) is 0 Å². The maximum absolute atomic E-state index is 12.8. The first-order valence-corrected chi connectivity index (χ1v) is 8.88. The molecule has 0 unspecified atom stereocenters. The lowest BCUT2D eigenvalue weighted by Crippen LogP contribution is -2.52. The van der Waals surface area contributed by atoms with Crippen molar-refractivity contribution in [2.75, 3.05) is 6.54 Å². The Hall–Kier alpha value is -1.84. The summed E-state index contributed by atoms with van der Waals surface area (Å²) >= 11 is 0. The number of aryl methyl sites for hydroxylation is 1. The molecule has 1 fully saturated rings. The zero-order valence-electron chi connectivity index (χ0n) is 13.9. The van der Waals surface area contributed by atoms with E-state index in [0.717, 1.165) is 45.1 Å². The molecule has 1 saturated heterocycles. The van der Waals surface area contributed by atoms with Gasteiger partial charge in [-0.1, -0.05) is 31.2 Å². The number of benzene rings is 1. The predicted octanol–water partition coefficient (Wildman–Crippen LogP) is 2.97. The van der Waals surface area contributed by atoms with Crippen molar-refractivity contribution >= 4 is 11.8 Å². The summed E-state index contributed by atoms with van der Waals surface area (Å²) in [6, 6.07) is 8.14. The van der Waals surface area contributed by atoms with Crippen LogP contribution in [0.5, 0.6) is 0 Å². The zero-order chi connectivity index (χ0) is 16.2. The topological polar surface area (TPSA) is 49.4 Å². The molecular weight excluding hydrogens is 288 g/mol. The Labute approximate surface area is 138 Å². The second-order valence-electron chi connectivity index (χ2n) is 6.65. The number of hydrogen-bond donors (Lipinski definition) is 1. The summed E-state index contributed by atoms with van der Waals surface area (Å²) in [5.41, 5.74) is 2.57. The minimum absolute atomic E-state index is 0.0239. The lowest BCUT2D eigenvalue weighted by atomic mass is 9.99. The van der Waals surface area contributed by atoms with Crippen molar-refractivity contribution in [1.29, 1.82) is 0 Å². The first-order valence-electron chi connectivity index (χ1n) is 8.88. The lowest BCUT2D eigenvalue weighted by Gasteiger charge is -2.35. The van der Waals surface area contributed by atoms with Crippen LogP contribution in [0.2, 0.25) is 0 Å². The number of carbonyl (C=O) groups excluding carboxylic acids is 2. The molecule has 2 atom stereocenters. The molecule has 124 valence electrons. The highest BCUT2D eigenvalue weighted by Crippen LogP contribution is 2.31. The normalized spacial score (nSPS) is 23.4. The lowest BCUT2D eigenvalue weighted by molar-refractivity contribution is -0.142. The summed E-state index contributed by atoms with van der Waals surface area (Å²) < 4.78 is 0. The number of hydrogen-bond acceptors (Lipinski definition) is 2. The second kappa shape index (κ2) is 7.16. The van der Waals surface area contributed by atoms with Gasteiger partial charge in [-0.15, -0.1) is 0 Å². The third-order valence-corrected chi connectivity index (χ3v) is 5.04. The molecule has 3 rings (SSSR count). The van der Waals surface area contributed by atoms with E-state index >= 15 is 0 Å². The van der Waals surface area contributed by atoms with E-state index in [-0.39, 0.29) is 23.9 Å². The molecular formula is C19H26N2O2. The van der Waals surface area contributed by atoms with Gasteiger partial charge in [-0.3, -0.25) is 9.59 Å². The van der Waals surface area contributed by atoms with Crippen LogP contribution in [0.1, 0.15) is 62.6 Å². The summed E-state index contributed by atoms with van der Waals surface area (Å²) in [5.74, 6) is 0.148. The molecule has 0 radical (unpaired) electrons. The third-order valence-electron chi connectivity index (χ3n) is 5.04. The standard InChI is InChI=1S/C19H26N2O2/c1-2-7-18(22)21-13-6-5-10-17(21)19(23)20-16-12-11-14-8-3-4-9-15(14)16/h3-4,8-9,16-17H,2,5-7,10-13H2,1H3,(H,20,23)/t16-,17-/m0/s1. The van der Waals surface area contributed by atoms with Crippen molar-refractivity contribution in [2.24, 2.45) is 0 Å². The number of nitrogens with zero attached hydrogens (tertiary/aromatic N) is 1. The van der Waals surface area contributed by atoms with Crippen LogP contribution in [0.25, 0.3) is 0 Å². The Balaban J connectivity index is 1.68. The molecule has 1 aliphatic heterocycles. The summed E-state index contributed by atoms with van der Waals surface area (Å²) in [4.78, 5) is 26.9. The molecule has 1 aromatic rings. The van der Waals surface area contributed by atoms with Crippen LogP contribution >= 0.6 is 0 Å². The molecule has 1 N–H and O–H groups in total. The molecule has 0 spiro atoms. The molecule has 0 saturated carbocycles. The van der Waals surface area contributed by atoms with E-state index in [0.29, 0.717) is 6.42 Å². The SMILES string of the molecule is CCCC(=O)N1CCCC[C@H]1C(=O)N[C@H]1CCc2ccccc21. The first kappa shape index (κ1) is 16.0. The summed E-state index contributed by atoms with van der Waals surface area (Å²) in [5, 5.41) is 3.20. The van der Waals surface area contributed by atoms with Gasteiger partial charge in [0.15, 0.2) is 0 Å². The Bertz CT molecular complexity index is 584. The van der Waals surface area contributed by atoms with Gasteiger partial charge < -0.3 is 10.2 Å². The van der Waals surface area contributed by atoms with Gasteiger partial charge in [-0.2, -0.15) is 0 Å². The van der Waals surface area contributed by atoms with Crippen LogP contribution in [0.3, 0.4) is 0 Å². The highest BCUT2D eigenvalue weighted by molar-refractivity contribution is 5.88. The van der Waals surface area contributed by atoms with Crippen molar-refractivity contribution in [2.45, 2.75) is 64.0 Å². The molecule has 4 nitrogen and oxygen atoms in total. The Morgan fingerprint density at radius 2 is 2.04 bits per heavy atom. The van der Waals surface area contributed by atoms with Crippen LogP contribution in [-0.4, -0.2) is 29.3 Å². The van der Waals surface area contributed by atoms with E-state index in [1.807, 2.05) is 17.9 Å². The van der Waals surface area contributed by atoms with Gasteiger partial charge in [0.25, 0.3) is 0 Å². The molecule has 4 heteroatoms. The number of rotatable bonds is 4. The fourth-order valence-electron chi connectivity index (χ4n) is 3.84. The number of piperidine rings is 1. The van der Waals surface area contributed by atoms with Crippen molar-refractivity contribution in [3.63, 3.8) is 0 Å². The van der Waals surface area contributed by atoms with E-state index in [2.05, 4.69) is 23.5 Å². The maximum atomic E-state index is 12.8. The minimum Gasteiger partial charge on any atom is -0.347 e. The zero-order valence-corrected chi connectivity index (χ0v) is 13.9. The van der Waals surface area contributed by atoms with Crippen molar-refractivity contribution in [3.8, 4) is 0 Å². The number of likely N-dealkylation sites (tertiary alicyclic amines) is 1. The van der Waals surface area contributed by atoms with E-state index < -0.39 is 0 Å². The average molecular weight is 314 g/mol. The van der Waals surface area contributed by atoms with Crippen molar-refractivity contribution < 1.29 is 9.59 Å². The van der Waals surface area contributed by atoms with Crippen LogP contribution in [-0.2, 0) is 16.0 Å². The Kier molecular flexibility index (Phi) is 4.99. The highest BCUT2D eigenvalue weighted by atomic mass is 16.2. The second-order valence-corrected chi connectivity index (χ2v) is 6.65. The van der Waals surface area contributed by atoms with Crippen molar-refractivity contribution in [1.82, 2.24) is 10.2 Å². The number of fused-ring (bicyclic) bond motifs is 1. The third kappa shape index (κ3) is 3.41. The number of carbonyl (C=O) groups is 2. The summed E-state index contributed by atoms with van der Waals surface area (Å²) in [6.07, 6.45) is 6.16. The van der Waals surface area contributed by atoms with E-state index in [9.17, 15) is 9.59 Å². The minimum atomic E-state index is -0.282. The van der Waals surface area contributed by atoms with Gasteiger partial charge in [0, 0.05) is 13.0 Å². The van der Waals surface area contributed by atoms with Gasteiger partial charge in [-0.05, 0) is 49.7 Å². The average Bonchev–Trinajstić information content (AvgIpc) is 2.98. The molecule has 0 aromatic heterocycles. The van der Waals surface area contributed by atoms with Gasteiger partial charge in [0.2, 0.25) is 11.8 Å². The number of amides is 2. The highest BCUT2D eigenvalue weighted by Gasteiger charge is 2.33. The van der Waals surface area contributed by atoms with E-state index in [1.54, 1.807) is 0 Å². The molecule has 0 bridgehead atoms. The van der Waals surface area contributed by atoms with Gasteiger partial charge in [0.1, 0.15) is 6.04 Å². The smallest absolute Gasteiger partial charge is 0.243 e. The van der Waals surface area contributed by atoms with Crippen LogP contribution < -0.4 is 5.32 Å². The van der Waals surface area contributed by atoms with Crippen LogP contribution in [0.15, 0.2) is 24.3 Å². The van der Waals surface area contributed by atoms with Crippen LogP contribution in [0.4, 0.5) is 0 Å². The molecule has 2 amide bonds. The molecule has 23 heavy (non-hydrogen) atoms. The molecule has 1 aliphatic carbocycles. The maximum Gasteiger partial charge on any atom is 0.243 e. The van der Waals surface area contributed by atoms with Crippen LogP contribution in [0, 0.1) is 0 Å². The van der Waals surface area contributed by atoms with Crippen molar-refractivity contribution in [3.05, 3.63) is 35.4 Å². The Morgan fingerprint density at radius 3 is 2.87 bits per heavy atom.